The highest BCUT2D eigenvalue weighted by molar-refractivity contribution is 9.10. The van der Waals surface area contributed by atoms with Crippen LogP contribution in [0.25, 0.3) is 0 Å². The first-order valence-electron chi connectivity index (χ1n) is 7.46. The number of thiazole rings is 1. The van der Waals surface area contributed by atoms with Crippen molar-refractivity contribution in [3.05, 3.63) is 47.9 Å². The molecule has 0 radical (unpaired) electrons. The molecule has 0 saturated carbocycles. The lowest BCUT2D eigenvalue weighted by Crippen LogP contribution is -2.41. The molecule has 1 atom stereocenters. The van der Waals surface area contributed by atoms with E-state index in [1.54, 1.807) is 0 Å². The van der Waals surface area contributed by atoms with Crippen LogP contribution in [0.3, 0.4) is 0 Å². The first-order valence-corrected chi connectivity index (χ1v) is 9.95. The molecule has 29 heavy (non-hydrogen) atoms. The average Bonchev–Trinajstić information content (AvgIpc) is 2.98. The monoisotopic (exact) mass is 533 g/mol. The second kappa shape index (κ2) is 8.54. The van der Waals surface area contributed by atoms with Crippen LogP contribution < -0.4 is 4.90 Å². The van der Waals surface area contributed by atoms with Crippen molar-refractivity contribution in [1.82, 2.24) is 4.98 Å². The number of aromatic nitrogens is 1. The van der Waals surface area contributed by atoms with Crippen molar-refractivity contribution in [3.63, 3.8) is 0 Å². The molecule has 1 aromatic heterocycles. The van der Waals surface area contributed by atoms with E-state index in [4.69, 9.17) is 23.2 Å². The Balaban J connectivity index is 2.74. The number of imide groups is 1. The predicted octanol–water partition coefficient (Wildman–Crippen LogP) is 5.64. The number of non-ortho nitro benzene ring substituents is 1. The van der Waals surface area contributed by atoms with Crippen LogP contribution in [0.1, 0.15) is 27.3 Å². The standard InChI is InChI=1S/C15H9BrCl2F3N3O4S/c1-5(16)13(25)23(10-8(17)3-7(24(27)28)4-9(10)18)14(26)11-12(15(19,20)21)22-6(2)29-11/h3-5H,1-2H3. The molecule has 0 bridgehead atoms. The van der Waals surface area contributed by atoms with Gasteiger partial charge in [0.25, 0.3) is 11.6 Å². The van der Waals surface area contributed by atoms with Gasteiger partial charge in [0.2, 0.25) is 5.91 Å². The van der Waals surface area contributed by atoms with E-state index in [1.165, 1.54) is 13.8 Å². The van der Waals surface area contributed by atoms with Crippen LogP contribution in [-0.4, -0.2) is 26.5 Å². The van der Waals surface area contributed by atoms with E-state index in [0.717, 1.165) is 12.1 Å². The summed E-state index contributed by atoms with van der Waals surface area (Å²) in [6, 6.07) is 1.66. The fourth-order valence-corrected chi connectivity index (χ4v) is 3.94. The molecule has 2 aromatic rings. The highest BCUT2D eigenvalue weighted by atomic mass is 79.9. The lowest BCUT2D eigenvalue weighted by atomic mass is 10.2. The van der Waals surface area contributed by atoms with Gasteiger partial charge in [-0.2, -0.15) is 13.2 Å². The number of carbonyl (C=O) groups is 2. The average molecular weight is 535 g/mol. The minimum Gasteiger partial charge on any atom is -0.273 e. The summed E-state index contributed by atoms with van der Waals surface area (Å²) >= 11 is 15.4. The summed E-state index contributed by atoms with van der Waals surface area (Å²) < 4.78 is 39.9. The minimum absolute atomic E-state index is 0.0548. The third-order valence-electron chi connectivity index (χ3n) is 3.40. The van der Waals surface area contributed by atoms with Gasteiger partial charge in [-0.3, -0.25) is 19.7 Å². The number of nitro benzene ring substituents is 1. The minimum atomic E-state index is -4.95. The van der Waals surface area contributed by atoms with Crippen molar-refractivity contribution >= 4 is 73.7 Å². The van der Waals surface area contributed by atoms with Crippen molar-refractivity contribution in [2.45, 2.75) is 24.9 Å². The maximum atomic E-state index is 13.3. The number of anilines is 1. The Morgan fingerprint density at radius 3 is 2.24 bits per heavy atom. The van der Waals surface area contributed by atoms with Gasteiger partial charge in [-0.1, -0.05) is 39.1 Å². The molecular formula is C15H9BrCl2F3N3O4S. The zero-order valence-corrected chi connectivity index (χ0v) is 18.3. The third-order valence-corrected chi connectivity index (χ3v) is 5.32. The Hall–Kier alpha value is -1.76. The van der Waals surface area contributed by atoms with E-state index in [1.807, 2.05) is 0 Å². The first kappa shape index (κ1) is 23.5. The predicted molar refractivity (Wildman–Crippen MR) is 105 cm³/mol. The molecule has 1 unspecified atom stereocenters. The number of hydrogen-bond acceptors (Lipinski definition) is 6. The molecule has 2 amide bonds. The number of rotatable bonds is 4. The molecule has 0 aliphatic rings. The molecule has 0 N–H and O–H groups in total. The second-order valence-corrected chi connectivity index (χ2v) is 8.91. The number of nitrogens with zero attached hydrogens (tertiary/aromatic N) is 3. The van der Waals surface area contributed by atoms with Crippen LogP contribution in [0.2, 0.25) is 10.0 Å². The maximum absolute atomic E-state index is 13.3. The van der Waals surface area contributed by atoms with Gasteiger partial charge in [-0.25, -0.2) is 9.88 Å². The number of alkyl halides is 4. The Bertz CT molecular complexity index is 990. The van der Waals surface area contributed by atoms with Gasteiger partial charge in [0, 0.05) is 12.1 Å². The number of nitro groups is 1. The van der Waals surface area contributed by atoms with E-state index in [0.29, 0.717) is 16.2 Å². The fourth-order valence-electron chi connectivity index (χ4n) is 2.23. The smallest absolute Gasteiger partial charge is 0.273 e. The summed E-state index contributed by atoms with van der Waals surface area (Å²) in [6.45, 7) is 2.60. The van der Waals surface area contributed by atoms with E-state index >= 15 is 0 Å². The van der Waals surface area contributed by atoms with Crippen LogP contribution in [0.15, 0.2) is 12.1 Å². The Labute approximate surface area is 183 Å². The number of halogens is 6. The van der Waals surface area contributed by atoms with Crippen molar-refractivity contribution in [3.8, 4) is 0 Å². The summed E-state index contributed by atoms with van der Waals surface area (Å²) in [4.78, 5) is 37.6. The highest BCUT2D eigenvalue weighted by Crippen LogP contribution is 2.41. The van der Waals surface area contributed by atoms with Gasteiger partial charge in [0.15, 0.2) is 5.69 Å². The number of aryl methyl sites for hydroxylation is 1. The van der Waals surface area contributed by atoms with Crippen LogP contribution in [0.4, 0.5) is 24.5 Å². The molecule has 14 heteroatoms. The van der Waals surface area contributed by atoms with Gasteiger partial charge in [0.05, 0.1) is 30.5 Å². The lowest BCUT2D eigenvalue weighted by molar-refractivity contribution is -0.384. The normalized spacial score (nSPS) is 12.6. The van der Waals surface area contributed by atoms with Crippen molar-refractivity contribution < 1.29 is 27.7 Å². The van der Waals surface area contributed by atoms with Crippen molar-refractivity contribution in [2.24, 2.45) is 0 Å². The molecule has 0 fully saturated rings. The Morgan fingerprint density at radius 2 is 1.83 bits per heavy atom. The molecule has 0 spiro atoms. The maximum Gasteiger partial charge on any atom is 0.435 e. The summed E-state index contributed by atoms with van der Waals surface area (Å²) in [5.41, 5.74) is -2.46. The Morgan fingerprint density at radius 1 is 1.31 bits per heavy atom. The number of carbonyl (C=O) groups excluding carboxylic acids is 2. The molecule has 0 saturated heterocycles. The summed E-state index contributed by atoms with van der Waals surface area (Å²) in [5.74, 6) is -2.34. The number of benzene rings is 1. The topological polar surface area (TPSA) is 93.4 Å². The van der Waals surface area contributed by atoms with Gasteiger partial charge >= 0.3 is 6.18 Å². The van der Waals surface area contributed by atoms with Gasteiger partial charge in [0.1, 0.15) is 4.88 Å². The molecule has 1 heterocycles. The zero-order chi connectivity index (χ0) is 22.3. The van der Waals surface area contributed by atoms with Gasteiger partial charge in [-0.15, -0.1) is 11.3 Å². The summed E-state index contributed by atoms with van der Waals surface area (Å²) in [5, 5.41) is 9.96. The van der Waals surface area contributed by atoms with Crippen molar-refractivity contribution in [2.75, 3.05) is 4.90 Å². The van der Waals surface area contributed by atoms with Crippen LogP contribution in [-0.2, 0) is 11.0 Å². The van der Waals surface area contributed by atoms with E-state index < -0.39 is 59.7 Å². The lowest BCUT2D eigenvalue weighted by Gasteiger charge is -2.24. The molecule has 156 valence electrons. The molecule has 0 aliphatic carbocycles. The molecule has 2 rings (SSSR count). The second-order valence-electron chi connectivity index (χ2n) is 5.52. The summed E-state index contributed by atoms with van der Waals surface area (Å²) in [6.07, 6.45) is -4.95. The van der Waals surface area contributed by atoms with E-state index in [-0.39, 0.29) is 5.01 Å². The number of amides is 2. The van der Waals surface area contributed by atoms with Gasteiger partial charge in [-0.05, 0) is 13.8 Å². The SMILES string of the molecule is Cc1nc(C(F)(F)F)c(C(=O)N(C(=O)C(C)Br)c2c(Cl)cc([N+](=O)[O-])cc2Cl)s1. The van der Waals surface area contributed by atoms with Crippen LogP contribution >= 0.6 is 50.5 Å². The fraction of sp³-hybridized carbons (Fsp3) is 0.267. The zero-order valence-electron chi connectivity index (χ0n) is 14.4. The quantitative estimate of drug-likeness (QED) is 0.287. The largest absolute Gasteiger partial charge is 0.435 e. The summed E-state index contributed by atoms with van der Waals surface area (Å²) in [7, 11) is 0. The first-order chi connectivity index (χ1) is 13.3. The third kappa shape index (κ3) is 4.87. The molecule has 1 aromatic carbocycles. The Kier molecular flexibility index (Phi) is 6.93. The number of hydrogen-bond donors (Lipinski definition) is 0. The van der Waals surface area contributed by atoms with Crippen molar-refractivity contribution in [1.29, 1.82) is 0 Å². The van der Waals surface area contributed by atoms with E-state index in [9.17, 15) is 32.9 Å². The molecule has 0 aliphatic heterocycles. The van der Waals surface area contributed by atoms with Crippen LogP contribution in [0, 0.1) is 17.0 Å². The van der Waals surface area contributed by atoms with Gasteiger partial charge < -0.3 is 0 Å². The van der Waals surface area contributed by atoms with Crippen LogP contribution in [0.5, 0.6) is 0 Å². The molecule has 7 nitrogen and oxygen atoms in total. The highest BCUT2D eigenvalue weighted by Gasteiger charge is 2.42. The molecular weight excluding hydrogens is 526 g/mol. The van der Waals surface area contributed by atoms with E-state index in [2.05, 4.69) is 20.9 Å².